The fraction of sp³-hybridized carbons (Fsp3) is 0.545. The van der Waals surface area contributed by atoms with Crippen LogP contribution in [0.3, 0.4) is 0 Å². The van der Waals surface area contributed by atoms with E-state index in [9.17, 15) is 5.11 Å². The predicted molar refractivity (Wildman–Crippen MR) is 112 cm³/mol. The Balaban J connectivity index is 1.38. The van der Waals surface area contributed by atoms with Crippen molar-refractivity contribution in [3.63, 3.8) is 0 Å². The third kappa shape index (κ3) is 4.71. The van der Waals surface area contributed by atoms with Crippen molar-refractivity contribution in [2.45, 2.75) is 50.7 Å². The van der Waals surface area contributed by atoms with Crippen molar-refractivity contribution in [3.8, 4) is 11.4 Å². The molecule has 1 aromatic carbocycles. The molecule has 2 heterocycles. The second-order valence-corrected chi connectivity index (χ2v) is 8.44. The van der Waals surface area contributed by atoms with Crippen molar-refractivity contribution < 1.29 is 5.11 Å². The quantitative estimate of drug-likeness (QED) is 0.802. The van der Waals surface area contributed by atoms with Gasteiger partial charge in [-0.3, -0.25) is 9.80 Å². The molecular formula is C22H29ClN4O. The summed E-state index contributed by atoms with van der Waals surface area (Å²) < 4.78 is 0. The Morgan fingerprint density at radius 2 is 1.75 bits per heavy atom. The van der Waals surface area contributed by atoms with Gasteiger partial charge in [0.15, 0.2) is 5.82 Å². The van der Waals surface area contributed by atoms with Gasteiger partial charge in [0.1, 0.15) is 0 Å². The molecule has 2 aliphatic rings. The van der Waals surface area contributed by atoms with Gasteiger partial charge in [-0.15, -0.1) is 0 Å². The summed E-state index contributed by atoms with van der Waals surface area (Å²) in [6.45, 7) is 4.30. The summed E-state index contributed by atoms with van der Waals surface area (Å²) in [4.78, 5) is 14.2. The summed E-state index contributed by atoms with van der Waals surface area (Å²) in [5.41, 5.74) is 2.11. The van der Waals surface area contributed by atoms with Gasteiger partial charge in [-0.25, -0.2) is 9.97 Å². The van der Waals surface area contributed by atoms with Crippen molar-refractivity contribution in [1.29, 1.82) is 0 Å². The molecule has 1 atom stereocenters. The lowest BCUT2D eigenvalue weighted by Gasteiger charge is -2.44. The third-order valence-electron chi connectivity index (χ3n) is 6.08. The second-order valence-electron chi connectivity index (χ2n) is 8.00. The summed E-state index contributed by atoms with van der Waals surface area (Å²) in [5.74, 6) is 0.727. The van der Waals surface area contributed by atoms with Gasteiger partial charge in [0.05, 0.1) is 0 Å². The zero-order valence-electron chi connectivity index (χ0n) is 16.3. The SMILES string of the molecule is OCCC1CN(Cc2cnc(-c3ccc(Cl)cc3)nc2)CCN1C1CCCC1. The molecule has 0 amide bonds. The maximum Gasteiger partial charge on any atom is 0.159 e. The first-order valence-electron chi connectivity index (χ1n) is 10.4. The van der Waals surface area contributed by atoms with Crippen molar-refractivity contribution in [1.82, 2.24) is 19.8 Å². The third-order valence-corrected chi connectivity index (χ3v) is 6.33. The normalized spacial score (nSPS) is 22.0. The Morgan fingerprint density at radius 3 is 2.43 bits per heavy atom. The van der Waals surface area contributed by atoms with Crippen LogP contribution < -0.4 is 0 Å². The smallest absolute Gasteiger partial charge is 0.159 e. The van der Waals surface area contributed by atoms with Gasteiger partial charge in [-0.2, -0.15) is 0 Å². The van der Waals surface area contributed by atoms with Crippen molar-refractivity contribution >= 4 is 11.6 Å². The summed E-state index contributed by atoms with van der Waals surface area (Å²) in [6.07, 6.45) is 10.1. The highest BCUT2D eigenvalue weighted by molar-refractivity contribution is 6.30. The minimum atomic E-state index is 0.265. The first-order chi connectivity index (χ1) is 13.7. The number of rotatable bonds is 6. The molecule has 1 N–H and O–H groups in total. The lowest BCUT2D eigenvalue weighted by Crippen LogP contribution is -2.56. The van der Waals surface area contributed by atoms with E-state index in [0.29, 0.717) is 6.04 Å². The molecule has 0 spiro atoms. The fourth-order valence-electron chi connectivity index (χ4n) is 4.64. The van der Waals surface area contributed by atoms with Gasteiger partial charge in [-0.05, 0) is 43.5 Å². The number of aliphatic hydroxyl groups is 1. The van der Waals surface area contributed by atoms with Crippen LogP contribution in [0, 0.1) is 0 Å². The van der Waals surface area contributed by atoms with E-state index in [-0.39, 0.29) is 6.61 Å². The predicted octanol–water partition coefficient (Wildman–Crippen LogP) is 3.61. The van der Waals surface area contributed by atoms with E-state index in [1.165, 1.54) is 25.7 Å². The maximum atomic E-state index is 9.54. The summed E-state index contributed by atoms with van der Waals surface area (Å²) >= 11 is 5.95. The monoisotopic (exact) mass is 400 g/mol. The Morgan fingerprint density at radius 1 is 1.04 bits per heavy atom. The van der Waals surface area contributed by atoms with Crippen molar-refractivity contribution in [3.05, 3.63) is 47.2 Å². The average Bonchev–Trinajstić information content (AvgIpc) is 3.24. The minimum Gasteiger partial charge on any atom is -0.396 e. The first-order valence-corrected chi connectivity index (χ1v) is 10.8. The highest BCUT2D eigenvalue weighted by Crippen LogP contribution is 2.28. The van der Waals surface area contributed by atoms with E-state index >= 15 is 0 Å². The van der Waals surface area contributed by atoms with Crippen molar-refractivity contribution in [2.24, 2.45) is 0 Å². The molecule has 2 aromatic rings. The van der Waals surface area contributed by atoms with Crippen LogP contribution in [0.5, 0.6) is 0 Å². The Bertz CT molecular complexity index is 746. The zero-order valence-corrected chi connectivity index (χ0v) is 17.1. The molecule has 150 valence electrons. The van der Waals surface area contributed by atoms with Crippen molar-refractivity contribution in [2.75, 3.05) is 26.2 Å². The summed E-state index contributed by atoms with van der Waals surface area (Å²) in [7, 11) is 0. The Kier molecular flexibility index (Phi) is 6.58. The largest absolute Gasteiger partial charge is 0.396 e. The minimum absolute atomic E-state index is 0.265. The lowest BCUT2D eigenvalue weighted by atomic mass is 10.0. The first kappa shape index (κ1) is 19.8. The molecule has 1 aromatic heterocycles. The number of halogens is 1. The van der Waals surface area contributed by atoms with E-state index in [1.54, 1.807) is 0 Å². The van der Waals surface area contributed by atoms with Gasteiger partial charge >= 0.3 is 0 Å². The van der Waals surface area contributed by atoms with E-state index in [1.807, 2.05) is 36.7 Å². The molecule has 6 heteroatoms. The number of aliphatic hydroxyl groups excluding tert-OH is 1. The summed E-state index contributed by atoms with van der Waals surface area (Å²) in [6, 6.07) is 8.79. The van der Waals surface area contributed by atoms with Gasteiger partial charge in [0.25, 0.3) is 0 Å². The molecule has 4 rings (SSSR count). The Hall–Kier alpha value is -1.53. The highest BCUT2D eigenvalue weighted by atomic mass is 35.5. The van der Waals surface area contributed by atoms with Crippen LogP contribution in [-0.4, -0.2) is 63.2 Å². The van der Waals surface area contributed by atoms with E-state index in [4.69, 9.17) is 11.6 Å². The number of hydrogen-bond donors (Lipinski definition) is 1. The molecule has 1 aliphatic carbocycles. The van der Waals surface area contributed by atoms with E-state index < -0.39 is 0 Å². The molecule has 0 bridgehead atoms. The lowest BCUT2D eigenvalue weighted by molar-refractivity contribution is 0.0266. The highest BCUT2D eigenvalue weighted by Gasteiger charge is 2.32. The number of hydrogen-bond acceptors (Lipinski definition) is 5. The number of piperazine rings is 1. The van der Waals surface area contributed by atoms with Crippen LogP contribution in [0.2, 0.25) is 5.02 Å². The van der Waals surface area contributed by atoms with Gasteiger partial charge < -0.3 is 5.11 Å². The molecular weight excluding hydrogens is 372 g/mol. The molecule has 1 unspecified atom stereocenters. The van der Waals surface area contributed by atoms with Crippen LogP contribution in [0.1, 0.15) is 37.7 Å². The molecule has 1 saturated heterocycles. The summed E-state index contributed by atoms with van der Waals surface area (Å²) in [5, 5.41) is 10.3. The van der Waals surface area contributed by atoms with E-state index in [2.05, 4.69) is 19.8 Å². The zero-order chi connectivity index (χ0) is 19.3. The number of aromatic nitrogens is 2. The number of nitrogens with zero attached hydrogens (tertiary/aromatic N) is 4. The van der Waals surface area contributed by atoms with Crippen LogP contribution in [0.4, 0.5) is 0 Å². The van der Waals surface area contributed by atoms with E-state index in [0.717, 1.165) is 60.6 Å². The standard InChI is InChI=1S/C22H29ClN4O/c23-19-7-5-18(6-8-19)22-24-13-17(14-25-22)15-26-10-11-27(20-3-1-2-4-20)21(16-26)9-12-28/h5-8,13-14,20-21,28H,1-4,9-12,15-16H2. The molecule has 0 radical (unpaired) electrons. The number of benzene rings is 1. The molecule has 28 heavy (non-hydrogen) atoms. The van der Waals surface area contributed by atoms with Crippen LogP contribution >= 0.6 is 11.6 Å². The second kappa shape index (κ2) is 9.31. The fourth-order valence-corrected chi connectivity index (χ4v) is 4.77. The molecule has 2 fully saturated rings. The molecule has 5 nitrogen and oxygen atoms in total. The van der Waals surface area contributed by atoms with Gasteiger partial charge in [-0.1, -0.05) is 24.4 Å². The van der Waals surface area contributed by atoms with Crippen LogP contribution in [-0.2, 0) is 6.54 Å². The van der Waals surface area contributed by atoms with Crippen LogP contribution in [0.25, 0.3) is 11.4 Å². The molecule has 1 aliphatic heterocycles. The molecule has 1 saturated carbocycles. The topological polar surface area (TPSA) is 52.5 Å². The average molecular weight is 401 g/mol. The van der Waals surface area contributed by atoms with Gasteiger partial charge in [0, 0.05) is 73.4 Å². The Labute approximate surface area is 172 Å². The van der Waals surface area contributed by atoms with Gasteiger partial charge in [0.2, 0.25) is 0 Å². The maximum absolute atomic E-state index is 9.54. The van der Waals surface area contributed by atoms with Crippen LogP contribution in [0.15, 0.2) is 36.7 Å².